The standard InChI is InChI=1S/C18H28F2N4O2/c1-21-18(22-8-11-24-9-4-3-5-10-24)23-13-14-6-7-15(25-2)12-16(14)26-17(19)20/h6-7,12,17H,3-5,8-11,13H2,1-2H3,(H2,21,22,23). The van der Waals surface area contributed by atoms with Gasteiger partial charge in [-0.15, -0.1) is 0 Å². The van der Waals surface area contributed by atoms with Gasteiger partial charge in [-0.3, -0.25) is 4.99 Å². The second kappa shape index (κ2) is 10.8. The van der Waals surface area contributed by atoms with Crippen LogP contribution < -0.4 is 20.1 Å². The number of rotatable bonds is 8. The van der Waals surface area contributed by atoms with Crippen molar-refractivity contribution in [1.29, 1.82) is 0 Å². The van der Waals surface area contributed by atoms with Gasteiger partial charge in [0.15, 0.2) is 5.96 Å². The summed E-state index contributed by atoms with van der Waals surface area (Å²) < 4.78 is 34.9. The van der Waals surface area contributed by atoms with Crippen molar-refractivity contribution in [1.82, 2.24) is 15.5 Å². The minimum Gasteiger partial charge on any atom is -0.497 e. The molecule has 0 spiro atoms. The first-order valence-corrected chi connectivity index (χ1v) is 8.91. The Morgan fingerprint density at radius 1 is 1.23 bits per heavy atom. The van der Waals surface area contributed by atoms with Crippen molar-refractivity contribution in [2.75, 3.05) is 40.3 Å². The minimum absolute atomic E-state index is 0.0932. The lowest BCUT2D eigenvalue weighted by atomic mass is 10.1. The summed E-state index contributed by atoms with van der Waals surface area (Å²) in [6, 6.07) is 4.86. The highest BCUT2D eigenvalue weighted by molar-refractivity contribution is 5.79. The van der Waals surface area contributed by atoms with Gasteiger partial charge < -0.3 is 25.0 Å². The van der Waals surface area contributed by atoms with Gasteiger partial charge in [0, 0.05) is 38.3 Å². The quantitative estimate of drug-likeness (QED) is 0.544. The lowest BCUT2D eigenvalue weighted by molar-refractivity contribution is -0.0505. The summed E-state index contributed by atoms with van der Waals surface area (Å²) in [5.41, 5.74) is 0.602. The number of methoxy groups -OCH3 is 1. The Hall–Kier alpha value is -2.09. The average molecular weight is 370 g/mol. The van der Waals surface area contributed by atoms with Gasteiger partial charge in [0.05, 0.1) is 7.11 Å². The number of likely N-dealkylation sites (tertiary alicyclic amines) is 1. The van der Waals surface area contributed by atoms with Crippen LogP contribution in [0.1, 0.15) is 24.8 Å². The Kier molecular flexibility index (Phi) is 8.40. The molecule has 6 nitrogen and oxygen atoms in total. The van der Waals surface area contributed by atoms with Crippen LogP contribution in [0.4, 0.5) is 8.78 Å². The molecule has 1 aromatic carbocycles. The monoisotopic (exact) mass is 370 g/mol. The Morgan fingerprint density at radius 2 is 2.00 bits per heavy atom. The van der Waals surface area contributed by atoms with Gasteiger partial charge in [0.1, 0.15) is 11.5 Å². The topological polar surface area (TPSA) is 58.1 Å². The van der Waals surface area contributed by atoms with E-state index in [9.17, 15) is 8.78 Å². The molecule has 0 radical (unpaired) electrons. The third-order valence-electron chi connectivity index (χ3n) is 4.33. The first-order valence-electron chi connectivity index (χ1n) is 8.91. The summed E-state index contributed by atoms with van der Waals surface area (Å²) in [5, 5.41) is 6.38. The Morgan fingerprint density at radius 3 is 2.65 bits per heavy atom. The van der Waals surface area contributed by atoms with Crippen LogP contribution in [0.3, 0.4) is 0 Å². The molecule has 1 saturated heterocycles. The van der Waals surface area contributed by atoms with Crippen LogP contribution in [0.15, 0.2) is 23.2 Å². The smallest absolute Gasteiger partial charge is 0.387 e. The van der Waals surface area contributed by atoms with Gasteiger partial charge >= 0.3 is 6.61 Å². The molecule has 146 valence electrons. The summed E-state index contributed by atoms with van der Waals surface area (Å²) in [5.74, 6) is 1.19. The maximum atomic E-state index is 12.6. The van der Waals surface area contributed by atoms with Crippen molar-refractivity contribution in [2.45, 2.75) is 32.4 Å². The molecule has 26 heavy (non-hydrogen) atoms. The predicted molar refractivity (Wildman–Crippen MR) is 98.1 cm³/mol. The Labute approximate surface area is 153 Å². The van der Waals surface area contributed by atoms with Crippen LogP contribution in [-0.2, 0) is 6.54 Å². The summed E-state index contributed by atoms with van der Waals surface area (Å²) in [6.45, 7) is 1.46. The van der Waals surface area contributed by atoms with Gasteiger partial charge in [0.25, 0.3) is 0 Å². The molecule has 2 N–H and O–H groups in total. The molecule has 8 heteroatoms. The third kappa shape index (κ3) is 6.67. The third-order valence-corrected chi connectivity index (χ3v) is 4.33. The lowest BCUT2D eigenvalue weighted by Crippen LogP contribution is -2.42. The number of hydrogen-bond donors (Lipinski definition) is 2. The molecule has 0 atom stereocenters. The Bertz CT molecular complexity index is 578. The number of halogens is 2. The van der Waals surface area contributed by atoms with Crippen LogP contribution in [0, 0.1) is 0 Å². The zero-order chi connectivity index (χ0) is 18.8. The van der Waals surface area contributed by atoms with Gasteiger partial charge in [0.2, 0.25) is 0 Å². The molecule has 1 fully saturated rings. The maximum Gasteiger partial charge on any atom is 0.387 e. The van der Waals surface area contributed by atoms with Crippen molar-refractivity contribution in [2.24, 2.45) is 4.99 Å². The summed E-state index contributed by atoms with van der Waals surface area (Å²) in [4.78, 5) is 6.60. The van der Waals surface area contributed by atoms with E-state index in [2.05, 4.69) is 25.3 Å². The lowest BCUT2D eigenvalue weighted by Gasteiger charge is -2.26. The summed E-state index contributed by atoms with van der Waals surface area (Å²) >= 11 is 0. The number of benzene rings is 1. The first-order chi connectivity index (χ1) is 12.6. The Balaban J connectivity index is 1.84. The van der Waals surface area contributed by atoms with Crippen molar-refractivity contribution < 1.29 is 18.3 Å². The van der Waals surface area contributed by atoms with Gasteiger partial charge in [-0.25, -0.2) is 0 Å². The summed E-state index contributed by atoms with van der Waals surface area (Å²) in [6.07, 6.45) is 3.84. The second-order valence-electron chi connectivity index (χ2n) is 6.11. The fourth-order valence-electron chi connectivity index (χ4n) is 2.93. The van der Waals surface area contributed by atoms with Crippen molar-refractivity contribution in [3.8, 4) is 11.5 Å². The van der Waals surface area contributed by atoms with Gasteiger partial charge in [-0.1, -0.05) is 6.42 Å². The molecule has 1 aromatic rings. The summed E-state index contributed by atoms with van der Waals surface area (Å²) in [7, 11) is 3.16. The van der Waals surface area contributed by atoms with Crippen molar-refractivity contribution in [3.63, 3.8) is 0 Å². The van der Waals surface area contributed by atoms with Gasteiger partial charge in [-0.05, 0) is 38.1 Å². The number of guanidine groups is 1. The molecule has 1 aliphatic rings. The van der Waals surface area contributed by atoms with E-state index in [1.54, 1.807) is 19.2 Å². The molecule has 0 saturated carbocycles. The number of nitrogens with zero attached hydrogens (tertiary/aromatic N) is 2. The molecule has 1 aliphatic heterocycles. The highest BCUT2D eigenvalue weighted by atomic mass is 19.3. The highest BCUT2D eigenvalue weighted by Crippen LogP contribution is 2.26. The number of hydrogen-bond acceptors (Lipinski definition) is 4. The zero-order valence-electron chi connectivity index (χ0n) is 15.4. The maximum absolute atomic E-state index is 12.6. The molecule has 0 unspecified atom stereocenters. The molecule has 0 aliphatic carbocycles. The van der Waals surface area contributed by atoms with Crippen LogP contribution in [-0.4, -0.2) is 57.8 Å². The fraction of sp³-hybridized carbons (Fsp3) is 0.611. The van der Waals surface area contributed by atoms with E-state index in [0.29, 0.717) is 23.8 Å². The fourth-order valence-corrected chi connectivity index (χ4v) is 2.93. The van der Waals surface area contributed by atoms with Gasteiger partial charge in [-0.2, -0.15) is 8.78 Å². The highest BCUT2D eigenvalue weighted by Gasteiger charge is 2.12. The number of aliphatic imine (C=N–C) groups is 1. The first kappa shape index (κ1) is 20.2. The molecule has 2 rings (SSSR count). The SMILES string of the molecule is CN=C(NCCN1CCCCC1)NCc1ccc(OC)cc1OC(F)F. The molecule has 0 bridgehead atoms. The van der Waals surface area contributed by atoms with E-state index in [0.717, 1.165) is 26.2 Å². The van der Waals surface area contributed by atoms with Crippen LogP contribution in [0.5, 0.6) is 11.5 Å². The number of alkyl halides is 2. The zero-order valence-corrected chi connectivity index (χ0v) is 15.4. The van der Waals surface area contributed by atoms with Crippen LogP contribution in [0.25, 0.3) is 0 Å². The van der Waals surface area contributed by atoms with Crippen molar-refractivity contribution in [3.05, 3.63) is 23.8 Å². The van der Waals surface area contributed by atoms with E-state index in [4.69, 9.17) is 4.74 Å². The van der Waals surface area contributed by atoms with E-state index >= 15 is 0 Å². The van der Waals surface area contributed by atoms with E-state index in [-0.39, 0.29) is 5.75 Å². The largest absolute Gasteiger partial charge is 0.497 e. The predicted octanol–water partition coefficient (Wildman–Crippen LogP) is 2.45. The minimum atomic E-state index is -2.89. The normalized spacial score (nSPS) is 15.8. The molecule has 1 heterocycles. The number of nitrogens with one attached hydrogen (secondary N) is 2. The van der Waals surface area contributed by atoms with Crippen molar-refractivity contribution >= 4 is 5.96 Å². The van der Waals surface area contributed by atoms with E-state index in [1.807, 2.05) is 0 Å². The second-order valence-corrected chi connectivity index (χ2v) is 6.11. The van der Waals surface area contributed by atoms with E-state index in [1.165, 1.54) is 32.4 Å². The van der Waals surface area contributed by atoms with Crippen LogP contribution >= 0.6 is 0 Å². The molecule has 0 amide bonds. The number of ether oxygens (including phenoxy) is 2. The molecular formula is C18H28F2N4O2. The average Bonchev–Trinajstić information content (AvgIpc) is 2.65. The van der Waals surface area contributed by atoms with E-state index < -0.39 is 6.61 Å². The molecular weight excluding hydrogens is 342 g/mol. The van der Waals surface area contributed by atoms with Crippen LogP contribution in [0.2, 0.25) is 0 Å². The number of piperidine rings is 1. The molecule has 0 aromatic heterocycles.